The summed E-state index contributed by atoms with van der Waals surface area (Å²) in [5, 5.41) is 12.8. The number of hydrogen-bond acceptors (Lipinski definition) is 4. The van der Waals surface area contributed by atoms with Crippen LogP contribution in [0.15, 0.2) is 44.6 Å². The van der Waals surface area contributed by atoms with E-state index in [1.165, 1.54) is 5.57 Å². The fourth-order valence-corrected chi connectivity index (χ4v) is 4.21. The van der Waals surface area contributed by atoms with E-state index >= 15 is 0 Å². The first-order valence-corrected chi connectivity index (χ1v) is 10.7. The summed E-state index contributed by atoms with van der Waals surface area (Å²) in [4.78, 5) is 22.0. The van der Waals surface area contributed by atoms with Gasteiger partial charge in [0.1, 0.15) is 0 Å². The molecule has 0 aromatic carbocycles. The van der Waals surface area contributed by atoms with Gasteiger partial charge in [0.05, 0.1) is 12.1 Å². The lowest BCUT2D eigenvalue weighted by atomic mass is 9.93. The first-order valence-electron chi connectivity index (χ1n) is 10.7. The molecule has 2 atom stereocenters. The molecule has 1 aliphatic heterocycles. The smallest absolute Gasteiger partial charge is 0.258 e. The number of rotatable bonds is 6. The quantitative estimate of drug-likeness (QED) is 0.809. The number of aromatic nitrogens is 1. The molecule has 0 amide bonds. The summed E-state index contributed by atoms with van der Waals surface area (Å²) in [7, 11) is 0. The van der Waals surface area contributed by atoms with E-state index in [0.717, 1.165) is 54.8 Å². The molecule has 2 unspecified atom stereocenters. The molecule has 0 saturated carbocycles. The van der Waals surface area contributed by atoms with Gasteiger partial charge >= 0.3 is 0 Å². The minimum atomic E-state index is -1.12. The van der Waals surface area contributed by atoms with Crippen LogP contribution in [0.25, 0.3) is 12.2 Å². The predicted octanol–water partition coefficient (Wildman–Crippen LogP) is 2.41. The first kappa shape index (κ1) is 19.8. The molecule has 0 spiro atoms. The van der Waals surface area contributed by atoms with Gasteiger partial charge < -0.3 is 9.67 Å². The Morgan fingerprint density at radius 2 is 2.21 bits per heavy atom. The molecule has 2 heterocycles. The highest BCUT2D eigenvalue weighted by Crippen LogP contribution is 2.20. The fourth-order valence-electron chi connectivity index (χ4n) is 4.21. The molecule has 0 fully saturated rings. The van der Waals surface area contributed by atoms with Crippen LogP contribution in [0.2, 0.25) is 0 Å². The summed E-state index contributed by atoms with van der Waals surface area (Å²) in [5.74, 6) is 0.589. The van der Waals surface area contributed by atoms with Crippen molar-refractivity contribution in [2.45, 2.75) is 58.2 Å². The summed E-state index contributed by atoms with van der Waals surface area (Å²) < 4.78 is 1.81. The largest absolute Gasteiger partial charge is 0.368 e. The Kier molecular flexibility index (Phi) is 6.05. The molecule has 1 aromatic heterocycles. The highest BCUT2D eigenvalue weighted by Gasteiger charge is 2.17. The van der Waals surface area contributed by atoms with Crippen LogP contribution in [-0.2, 0) is 6.54 Å². The summed E-state index contributed by atoms with van der Waals surface area (Å²) in [6.07, 6.45) is 16.9. The number of pyridine rings is 1. The van der Waals surface area contributed by atoms with Gasteiger partial charge in [-0.3, -0.25) is 14.8 Å². The number of allylic oxidation sites excluding steroid dienone is 3. The number of aliphatic imine (C=N–C) groups is 2. The second-order valence-electron chi connectivity index (χ2n) is 8.01. The Morgan fingerprint density at radius 3 is 2.93 bits per heavy atom. The van der Waals surface area contributed by atoms with Gasteiger partial charge in [-0.2, -0.15) is 0 Å². The molecule has 0 radical (unpaired) electrons. The van der Waals surface area contributed by atoms with Crippen LogP contribution >= 0.6 is 0 Å². The molecule has 4 rings (SSSR count). The van der Waals surface area contributed by atoms with E-state index in [-0.39, 0.29) is 5.56 Å². The maximum Gasteiger partial charge on any atom is 0.258 e. The van der Waals surface area contributed by atoms with Gasteiger partial charge in [0.15, 0.2) is 6.23 Å². The summed E-state index contributed by atoms with van der Waals surface area (Å²) in [6, 6.07) is 1.83. The molecule has 2 aliphatic carbocycles. The molecular formula is C24H29N3O2. The molecule has 5 heteroatoms. The van der Waals surface area contributed by atoms with Gasteiger partial charge in [-0.25, -0.2) is 0 Å². The Balaban J connectivity index is 1.67. The summed E-state index contributed by atoms with van der Waals surface area (Å²) in [6.45, 7) is 3.49. The number of aliphatic hydroxyl groups is 1. The van der Waals surface area contributed by atoms with Crippen LogP contribution in [0.4, 0.5) is 0 Å². The fraction of sp³-hybridized carbons (Fsp3) is 0.458. The van der Waals surface area contributed by atoms with E-state index in [1.807, 2.05) is 29.0 Å². The van der Waals surface area contributed by atoms with Gasteiger partial charge in [-0.15, -0.1) is 0 Å². The van der Waals surface area contributed by atoms with Gasteiger partial charge in [-0.05, 0) is 73.5 Å². The SMILES string of the molecule is CCC1C=CC(=NC(O)c2cc3c(n(CCC4=CC=NC4)c2=O)=CCCC=3)CC1. The number of aliphatic hydroxyl groups excluding tert-OH is 1. The Bertz CT molecular complexity index is 1070. The first-order chi connectivity index (χ1) is 14.2. The minimum Gasteiger partial charge on any atom is -0.368 e. The average Bonchev–Trinajstić information content (AvgIpc) is 3.27. The van der Waals surface area contributed by atoms with Gasteiger partial charge in [0.2, 0.25) is 0 Å². The lowest BCUT2D eigenvalue weighted by Crippen LogP contribution is -2.46. The molecular weight excluding hydrogens is 362 g/mol. The molecule has 152 valence electrons. The third-order valence-electron chi connectivity index (χ3n) is 6.05. The standard InChI is InChI=1S/C24H29N3O2/c1-2-17-7-9-20(10-8-17)26-23(28)21-15-19-5-3-4-6-22(19)27(24(21)29)14-12-18-11-13-25-16-18/h5-7,9,11,13,15,17,23,28H,2-4,8,10,12,14,16H2,1H3. The Labute approximate surface area is 171 Å². The van der Waals surface area contributed by atoms with Crippen molar-refractivity contribution in [3.05, 3.63) is 56.4 Å². The van der Waals surface area contributed by atoms with Crippen molar-refractivity contribution in [1.82, 2.24) is 4.57 Å². The van der Waals surface area contributed by atoms with Crippen LogP contribution in [0.1, 0.15) is 57.2 Å². The molecule has 5 nitrogen and oxygen atoms in total. The van der Waals surface area contributed by atoms with Gasteiger partial charge in [0, 0.05) is 23.8 Å². The Hall–Kier alpha value is -2.53. The van der Waals surface area contributed by atoms with Gasteiger partial charge in [-0.1, -0.05) is 25.2 Å². The maximum absolute atomic E-state index is 13.3. The zero-order valence-electron chi connectivity index (χ0n) is 17.1. The van der Waals surface area contributed by atoms with Crippen molar-refractivity contribution in [3.8, 4) is 0 Å². The maximum atomic E-state index is 13.3. The van der Waals surface area contributed by atoms with E-state index < -0.39 is 6.23 Å². The summed E-state index contributed by atoms with van der Waals surface area (Å²) >= 11 is 0. The lowest BCUT2D eigenvalue weighted by molar-refractivity contribution is 0.186. The van der Waals surface area contributed by atoms with Crippen molar-refractivity contribution < 1.29 is 5.11 Å². The van der Waals surface area contributed by atoms with Crippen molar-refractivity contribution in [2.24, 2.45) is 15.9 Å². The van der Waals surface area contributed by atoms with E-state index in [4.69, 9.17) is 0 Å². The predicted molar refractivity (Wildman–Crippen MR) is 119 cm³/mol. The third kappa shape index (κ3) is 4.40. The Morgan fingerprint density at radius 1 is 1.34 bits per heavy atom. The van der Waals surface area contributed by atoms with E-state index in [2.05, 4.69) is 35.1 Å². The van der Waals surface area contributed by atoms with Crippen LogP contribution in [0.5, 0.6) is 0 Å². The normalized spacial score (nSPS) is 22.8. The number of fused-ring (bicyclic) bond motifs is 1. The molecule has 3 aliphatic rings. The van der Waals surface area contributed by atoms with Crippen molar-refractivity contribution in [2.75, 3.05) is 6.54 Å². The molecule has 29 heavy (non-hydrogen) atoms. The average molecular weight is 392 g/mol. The lowest BCUT2D eigenvalue weighted by Gasteiger charge is -2.18. The number of nitrogens with zero attached hydrogens (tertiary/aromatic N) is 3. The molecule has 1 aromatic rings. The summed E-state index contributed by atoms with van der Waals surface area (Å²) in [5.41, 5.74) is 2.33. The second kappa shape index (κ2) is 8.87. The zero-order valence-corrected chi connectivity index (χ0v) is 17.1. The molecule has 0 bridgehead atoms. The van der Waals surface area contributed by atoms with Crippen molar-refractivity contribution >= 4 is 24.1 Å². The van der Waals surface area contributed by atoms with Crippen molar-refractivity contribution in [3.63, 3.8) is 0 Å². The number of hydrogen-bond donors (Lipinski definition) is 1. The van der Waals surface area contributed by atoms with Crippen LogP contribution < -0.4 is 16.1 Å². The zero-order chi connectivity index (χ0) is 20.2. The van der Waals surface area contributed by atoms with E-state index in [1.54, 1.807) is 0 Å². The van der Waals surface area contributed by atoms with E-state index in [0.29, 0.717) is 24.6 Å². The van der Waals surface area contributed by atoms with Crippen LogP contribution in [-0.4, -0.2) is 28.1 Å². The molecule has 0 saturated heterocycles. The monoisotopic (exact) mass is 391 g/mol. The van der Waals surface area contributed by atoms with Crippen molar-refractivity contribution in [1.29, 1.82) is 0 Å². The highest BCUT2D eigenvalue weighted by molar-refractivity contribution is 5.95. The topological polar surface area (TPSA) is 67.0 Å². The minimum absolute atomic E-state index is 0.141. The third-order valence-corrected chi connectivity index (χ3v) is 6.05. The van der Waals surface area contributed by atoms with E-state index in [9.17, 15) is 9.90 Å². The van der Waals surface area contributed by atoms with Crippen LogP contribution in [0.3, 0.4) is 0 Å². The highest BCUT2D eigenvalue weighted by atomic mass is 16.3. The molecule has 1 N–H and O–H groups in total. The van der Waals surface area contributed by atoms with Gasteiger partial charge in [0.25, 0.3) is 5.56 Å². The van der Waals surface area contributed by atoms with Crippen LogP contribution in [0, 0.1) is 5.92 Å². The second-order valence-corrected chi connectivity index (χ2v) is 8.01.